The largest absolute Gasteiger partial charge is 0.484 e. The van der Waals surface area contributed by atoms with E-state index in [0.29, 0.717) is 11.3 Å². The Morgan fingerprint density at radius 2 is 2.04 bits per heavy atom. The van der Waals surface area contributed by atoms with Crippen LogP contribution >= 0.6 is 11.3 Å². The van der Waals surface area contributed by atoms with Crippen molar-refractivity contribution in [1.29, 1.82) is 0 Å². The van der Waals surface area contributed by atoms with E-state index in [1.165, 1.54) is 13.0 Å². The zero-order chi connectivity index (χ0) is 17.0. The number of anilines is 1. The minimum atomic E-state index is -4.61. The lowest BCUT2D eigenvalue weighted by atomic mass is 10.1. The molecule has 1 N–H and O–H groups in total. The molecule has 2 aromatic rings. The molecule has 1 aromatic heterocycles. The van der Waals surface area contributed by atoms with E-state index in [0.717, 1.165) is 0 Å². The number of rotatable bonds is 5. The van der Waals surface area contributed by atoms with Gasteiger partial charge in [0.25, 0.3) is 5.91 Å². The standard InChI is InChI=1S/C13H10F3N3O3S/c1-7(20)8-3-2-4-9(5-8)22-6-10(21)17-12-19-18-11(23-12)13(14,15)16/h2-5H,6H2,1H3,(H,17,19,21). The number of nitrogens with zero attached hydrogens (tertiary/aromatic N) is 2. The summed E-state index contributed by atoms with van der Waals surface area (Å²) in [6, 6.07) is 6.19. The highest BCUT2D eigenvalue weighted by atomic mass is 32.1. The minimum absolute atomic E-state index is 0.159. The molecule has 2 rings (SSSR count). The van der Waals surface area contributed by atoms with Crippen LogP contribution in [0.1, 0.15) is 22.3 Å². The molecule has 0 saturated heterocycles. The monoisotopic (exact) mass is 345 g/mol. The number of aromatic nitrogens is 2. The third-order valence-electron chi connectivity index (χ3n) is 2.52. The molecular weight excluding hydrogens is 335 g/mol. The summed E-state index contributed by atoms with van der Waals surface area (Å²) < 4.78 is 42.2. The molecule has 0 radical (unpaired) electrons. The third kappa shape index (κ3) is 4.74. The van der Waals surface area contributed by atoms with Gasteiger partial charge in [0.15, 0.2) is 12.4 Å². The SMILES string of the molecule is CC(=O)c1cccc(OCC(=O)Nc2nnc(C(F)(F)F)s2)c1. The van der Waals surface area contributed by atoms with Crippen LogP contribution in [-0.4, -0.2) is 28.5 Å². The van der Waals surface area contributed by atoms with Crippen LogP contribution in [-0.2, 0) is 11.0 Å². The molecule has 122 valence electrons. The Morgan fingerprint density at radius 3 is 2.65 bits per heavy atom. The lowest BCUT2D eigenvalue weighted by molar-refractivity contribution is -0.138. The zero-order valence-corrected chi connectivity index (χ0v) is 12.5. The number of Topliss-reactive ketones (excluding diaryl/α,β-unsaturated/α-hetero) is 1. The molecule has 0 fully saturated rings. The fourth-order valence-corrected chi connectivity index (χ4v) is 2.12. The molecule has 1 heterocycles. The highest BCUT2D eigenvalue weighted by molar-refractivity contribution is 7.15. The van der Waals surface area contributed by atoms with E-state index < -0.39 is 23.7 Å². The van der Waals surface area contributed by atoms with Crippen molar-refractivity contribution >= 4 is 28.2 Å². The van der Waals surface area contributed by atoms with E-state index in [1.54, 1.807) is 18.2 Å². The van der Waals surface area contributed by atoms with E-state index in [4.69, 9.17) is 4.74 Å². The number of amides is 1. The molecule has 0 unspecified atom stereocenters. The van der Waals surface area contributed by atoms with Crippen molar-refractivity contribution in [3.8, 4) is 5.75 Å². The van der Waals surface area contributed by atoms with Gasteiger partial charge in [0.1, 0.15) is 5.75 Å². The van der Waals surface area contributed by atoms with Crippen LogP contribution in [0.5, 0.6) is 5.75 Å². The predicted octanol–water partition coefficient (Wildman–Crippen LogP) is 2.78. The number of benzene rings is 1. The first kappa shape index (κ1) is 16.9. The number of hydrogen-bond donors (Lipinski definition) is 1. The lowest BCUT2D eigenvalue weighted by Crippen LogP contribution is -2.20. The Hall–Kier alpha value is -2.49. The average Bonchev–Trinajstić information content (AvgIpc) is 2.94. The van der Waals surface area contributed by atoms with Gasteiger partial charge in [-0.1, -0.05) is 23.5 Å². The number of halogens is 3. The van der Waals surface area contributed by atoms with Gasteiger partial charge < -0.3 is 4.74 Å². The number of carbonyl (C=O) groups excluding carboxylic acids is 2. The van der Waals surface area contributed by atoms with Crippen molar-refractivity contribution in [3.63, 3.8) is 0 Å². The fraction of sp³-hybridized carbons (Fsp3) is 0.231. The van der Waals surface area contributed by atoms with Gasteiger partial charge >= 0.3 is 6.18 Å². The van der Waals surface area contributed by atoms with Gasteiger partial charge in [-0.15, -0.1) is 10.2 Å². The molecule has 0 spiro atoms. The van der Waals surface area contributed by atoms with Crippen molar-refractivity contribution in [1.82, 2.24) is 10.2 Å². The smallest absolute Gasteiger partial charge is 0.445 e. The molecule has 0 saturated carbocycles. The van der Waals surface area contributed by atoms with E-state index in [2.05, 4.69) is 15.5 Å². The third-order valence-corrected chi connectivity index (χ3v) is 3.41. The lowest BCUT2D eigenvalue weighted by Gasteiger charge is -2.06. The van der Waals surface area contributed by atoms with Crippen LogP contribution in [0, 0.1) is 0 Å². The van der Waals surface area contributed by atoms with Crippen LogP contribution in [0.25, 0.3) is 0 Å². The maximum Gasteiger partial charge on any atom is 0.445 e. The maximum absolute atomic E-state index is 12.4. The second-order valence-corrected chi connectivity index (χ2v) is 5.31. The second-order valence-electron chi connectivity index (χ2n) is 4.33. The fourth-order valence-electron chi connectivity index (χ4n) is 1.50. The highest BCUT2D eigenvalue weighted by Crippen LogP contribution is 2.32. The maximum atomic E-state index is 12.4. The molecule has 1 aromatic carbocycles. The van der Waals surface area contributed by atoms with Crippen LogP contribution in [0.2, 0.25) is 0 Å². The molecule has 6 nitrogen and oxygen atoms in total. The Kier molecular flexibility index (Phi) is 4.94. The summed E-state index contributed by atoms with van der Waals surface area (Å²) in [5.74, 6) is -0.558. The van der Waals surface area contributed by atoms with Crippen molar-refractivity contribution in [2.45, 2.75) is 13.1 Å². The molecule has 0 atom stereocenters. The number of hydrogen-bond acceptors (Lipinski definition) is 6. The topological polar surface area (TPSA) is 81.2 Å². The first-order valence-electron chi connectivity index (χ1n) is 6.20. The molecule has 0 bridgehead atoms. The molecule has 1 amide bonds. The number of ether oxygens (including phenoxy) is 1. The number of carbonyl (C=O) groups is 2. The molecular formula is C13H10F3N3O3S. The van der Waals surface area contributed by atoms with Gasteiger partial charge in [0.2, 0.25) is 10.1 Å². The Bertz CT molecular complexity index is 730. The summed E-state index contributed by atoms with van der Waals surface area (Å²) >= 11 is 0.217. The average molecular weight is 345 g/mol. The van der Waals surface area contributed by atoms with Crippen molar-refractivity contribution < 1.29 is 27.5 Å². The van der Waals surface area contributed by atoms with Crippen LogP contribution in [0.15, 0.2) is 24.3 Å². The van der Waals surface area contributed by atoms with Crippen molar-refractivity contribution in [2.75, 3.05) is 11.9 Å². The quantitative estimate of drug-likeness (QED) is 0.843. The summed E-state index contributed by atoms with van der Waals surface area (Å²) in [5.41, 5.74) is 0.418. The zero-order valence-electron chi connectivity index (χ0n) is 11.7. The van der Waals surface area contributed by atoms with Gasteiger partial charge in [-0.05, 0) is 19.1 Å². The molecule has 23 heavy (non-hydrogen) atoms. The molecule has 10 heteroatoms. The summed E-state index contributed by atoms with van der Waals surface area (Å²) in [6.07, 6.45) is -4.61. The number of alkyl halides is 3. The minimum Gasteiger partial charge on any atom is -0.484 e. The summed E-state index contributed by atoms with van der Waals surface area (Å²) in [7, 11) is 0. The second kappa shape index (κ2) is 6.73. The van der Waals surface area contributed by atoms with Gasteiger partial charge in [0, 0.05) is 5.56 Å². The van der Waals surface area contributed by atoms with E-state index in [-0.39, 0.29) is 22.3 Å². The van der Waals surface area contributed by atoms with Crippen molar-refractivity contribution in [3.05, 3.63) is 34.8 Å². The van der Waals surface area contributed by atoms with Crippen LogP contribution in [0.3, 0.4) is 0 Å². The van der Waals surface area contributed by atoms with Gasteiger partial charge in [0.05, 0.1) is 0 Å². The molecule has 0 aliphatic carbocycles. The Balaban J connectivity index is 1.91. The number of nitrogens with one attached hydrogen (secondary N) is 1. The normalized spacial score (nSPS) is 11.1. The Morgan fingerprint density at radius 1 is 1.30 bits per heavy atom. The summed E-state index contributed by atoms with van der Waals surface area (Å²) in [6.45, 7) is 0.946. The van der Waals surface area contributed by atoms with Gasteiger partial charge in [-0.25, -0.2) is 0 Å². The first-order valence-corrected chi connectivity index (χ1v) is 7.01. The van der Waals surface area contributed by atoms with Crippen LogP contribution < -0.4 is 10.1 Å². The first-order chi connectivity index (χ1) is 10.8. The van der Waals surface area contributed by atoms with E-state index >= 15 is 0 Å². The van der Waals surface area contributed by atoms with E-state index in [9.17, 15) is 22.8 Å². The van der Waals surface area contributed by atoms with E-state index in [1.807, 2.05) is 0 Å². The van der Waals surface area contributed by atoms with Gasteiger partial charge in [-0.3, -0.25) is 14.9 Å². The summed E-state index contributed by atoms with van der Waals surface area (Å²) in [4.78, 5) is 22.8. The van der Waals surface area contributed by atoms with Gasteiger partial charge in [-0.2, -0.15) is 13.2 Å². The van der Waals surface area contributed by atoms with Crippen LogP contribution in [0.4, 0.5) is 18.3 Å². The predicted molar refractivity (Wildman–Crippen MR) is 75.5 cm³/mol. The van der Waals surface area contributed by atoms with Crippen molar-refractivity contribution in [2.24, 2.45) is 0 Å². The molecule has 0 aliphatic heterocycles. The summed E-state index contributed by atoms with van der Waals surface area (Å²) in [5, 5.41) is 6.90. The highest BCUT2D eigenvalue weighted by Gasteiger charge is 2.35. The molecule has 0 aliphatic rings. The Labute approximate surface area is 132 Å². The number of ketones is 1.